The summed E-state index contributed by atoms with van der Waals surface area (Å²) in [6.07, 6.45) is 2.63. The van der Waals surface area contributed by atoms with E-state index < -0.39 is 0 Å². The molecule has 2 aliphatic heterocycles. The fourth-order valence-electron chi connectivity index (χ4n) is 4.85. The van der Waals surface area contributed by atoms with Crippen molar-refractivity contribution in [3.63, 3.8) is 0 Å². The van der Waals surface area contributed by atoms with E-state index in [1.807, 2.05) is 6.07 Å². The fraction of sp³-hybridized carbons (Fsp3) is 0.370. The van der Waals surface area contributed by atoms with E-state index in [1.54, 1.807) is 12.3 Å². The molecule has 2 aromatic carbocycles. The lowest BCUT2D eigenvalue weighted by atomic mass is 10.1. The fourth-order valence-corrected chi connectivity index (χ4v) is 4.85. The van der Waals surface area contributed by atoms with E-state index in [0.29, 0.717) is 30.5 Å². The second kappa shape index (κ2) is 9.81. The first-order chi connectivity index (χ1) is 16.2. The molecule has 3 aromatic rings. The predicted molar refractivity (Wildman–Crippen MR) is 128 cm³/mol. The van der Waals surface area contributed by atoms with Crippen molar-refractivity contribution in [3.05, 3.63) is 88.9 Å². The summed E-state index contributed by atoms with van der Waals surface area (Å²) in [5.74, 6) is 0.609. The third kappa shape index (κ3) is 4.82. The monoisotopic (exact) mass is 445 g/mol. The summed E-state index contributed by atoms with van der Waals surface area (Å²) in [4.78, 5) is 17.8. The number of amides is 1. The summed E-state index contributed by atoms with van der Waals surface area (Å²) >= 11 is 0. The molecule has 0 radical (unpaired) electrons. The van der Waals surface area contributed by atoms with Crippen molar-refractivity contribution in [2.45, 2.75) is 39.0 Å². The SMILES string of the molecule is CC1Cc2ccccc2N1Cc1occc1C(=O)NCc1ccccc1CN1CCOCC1. The highest BCUT2D eigenvalue weighted by Crippen LogP contribution is 2.33. The van der Waals surface area contributed by atoms with Gasteiger partial charge in [0.05, 0.1) is 31.6 Å². The molecule has 2 aliphatic rings. The highest BCUT2D eigenvalue weighted by atomic mass is 16.5. The predicted octanol–water partition coefficient (Wildman–Crippen LogP) is 3.99. The second-order valence-electron chi connectivity index (χ2n) is 8.91. The summed E-state index contributed by atoms with van der Waals surface area (Å²) in [5.41, 5.74) is 5.57. The molecule has 1 aromatic heterocycles. The van der Waals surface area contributed by atoms with Gasteiger partial charge < -0.3 is 19.4 Å². The summed E-state index contributed by atoms with van der Waals surface area (Å²) in [5, 5.41) is 3.11. The number of carbonyl (C=O) groups is 1. The van der Waals surface area contributed by atoms with Crippen LogP contribution in [0, 0.1) is 0 Å². The quantitative estimate of drug-likeness (QED) is 0.596. The molecule has 1 N–H and O–H groups in total. The minimum absolute atomic E-state index is 0.0972. The van der Waals surface area contributed by atoms with Crippen LogP contribution in [0.1, 0.15) is 39.7 Å². The van der Waals surface area contributed by atoms with Crippen LogP contribution in [0.5, 0.6) is 0 Å². The van der Waals surface area contributed by atoms with Crippen molar-refractivity contribution in [3.8, 4) is 0 Å². The first kappa shape index (κ1) is 21.7. The number of ether oxygens (including phenoxy) is 1. The molecule has 1 amide bonds. The van der Waals surface area contributed by atoms with Gasteiger partial charge in [0.25, 0.3) is 5.91 Å². The van der Waals surface area contributed by atoms with Crippen LogP contribution in [0.2, 0.25) is 0 Å². The summed E-state index contributed by atoms with van der Waals surface area (Å²) in [7, 11) is 0. The van der Waals surface area contributed by atoms with Gasteiger partial charge in [0.2, 0.25) is 0 Å². The minimum Gasteiger partial charge on any atom is -0.467 e. The smallest absolute Gasteiger partial charge is 0.255 e. The zero-order valence-corrected chi connectivity index (χ0v) is 19.1. The van der Waals surface area contributed by atoms with Crippen molar-refractivity contribution >= 4 is 11.6 Å². The highest BCUT2D eigenvalue weighted by molar-refractivity contribution is 5.95. The van der Waals surface area contributed by atoms with Gasteiger partial charge in [-0.05, 0) is 42.2 Å². The highest BCUT2D eigenvalue weighted by Gasteiger charge is 2.28. The number of anilines is 1. The van der Waals surface area contributed by atoms with Crippen molar-refractivity contribution in [2.75, 3.05) is 31.2 Å². The zero-order chi connectivity index (χ0) is 22.6. The molecule has 6 nitrogen and oxygen atoms in total. The van der Waals surface area contributed by atoms with Gasteiger partial charge >= 0.3 is 0 Å². The van der Waals surface area contributed by atoms with E-state index in [9.17, 15) is 4.79 Å². The average molecular weight is 446 g/mol. The van der Waals surface area contributed by atoms with Crippen LogP contribution in [-0.2, 0) is 30.8 Å². The van der Waals surface area contributed by atoms with Gasteiger partial charge in [0.15, 0.2) is 0 Å². The summed E-state index contributed by atoms with van der Waals surface area (Å²) in [6.45, 7) is 7.61. The number of para-hydroxylation sites is 1. The number of morpholine rings is 1. The van der Waals surface area contributed by atoms with E-state index in [-0.39, 0.29) is 5.91 Å². The largest absolute Gasteiger partial charge is 0.467 e. The molecule has 6 heteroatoms. The molecule has 5 rings (SSSR count). The van der Waals surface area contributed by atoms with Crippen LogP contribution >= 0.6 is 0 Å². The van der Waals surface area contributed by atoms with Crippen molar-refractivity contribution in [1.82, 2.24) is 10.2 Å². The molecule has 0 bridgehead atoms. The van der Waals surface area contributed by atoms with Crippen LogP contribution in [0.25, 0.3) is 0 Å². The Balaban J connectivity index is 1.25. The standard InChI is InChI=1S/C27H31N3O3/c1-20-16-21-6-4-5-9-25(21)30(20)19-26-24(10-13-33-26)27(31)28-17-22-7-2-3-8-23(22)18-29-11-14-32-15-12-29/h2-10,13,20H,11-12,14-19H2,1H3,(H,28,31). The van der Waals surface area contributed by atoms with E-state index >= 15 is 0 Å². The molecule has 3 heterocycles. The van der Waals surface area contributed by atoms with Gasteiger partial charge in [0.1, 0.15) is 5.76 Å². The molecular weight excluding hydrogens is 414 g/mol. The normalized spacial score (nSPS) is 18.3. The topological polar surface area (TPSA) is 58.0 Å². The van der Waals surface area contributed by atoms with Crippen LogP contribution in [0.4, 0.5) is 5.69 Å². The Kier molecular flexibility index (Phi) is 6.46. The number of furan rings is 1. The molecule has 1 saturated heterocycles. The number of carbonyl (C=O) groups excluding carboxylic acids is 1. The maximum Gasteiger partial charge on any atom is 0.255 e. The lowest BCUT2D eigenvalue weighted by Gasteiger charge is -2.27. The van der Waals surface area contributed by atoms with Crippen molar-refractivity contribution in [1.29, 1.82) is 0 Å². The lowest BCUT2D eigenvalue weighted by molar-refractivity contribution is 0.0340. The second-order valence-corrected chi connectivity index (χ2v) is 8.91. The zero-order valence-electron chi connectivity index (χ0n) is 19.1. The molecule has 1 unspecified atom stereocenters. The lowest BCUT2D eigenvalue weighted by Crippen LogP contribution is -2.36. The number of rotatable bonds is 7. The Hall–Kier alpha value is -3.09. The Morgan fingerprint density at radius 2 is 1.76 bits per heavy atom. The first-order valence-corrected chi connectivity index (χ1v) is 11.7. The third-order valence-corrected chi connectivity index (χ3v) is 6.71. The van der Waals surface area contributed by atoms with E-state index in [0.717, 1.165) is 44.8 Å². The average Bonchev–Trinajstić information content (AvgIpc) is 3.43. The number of benzene rings is 2. The van der Waals surface area contributed by atoms with Gasteiger partial charge in [-0.15, -0.1) is 0 Å². The van der Waals surface area contributed by atoms with Crippen LogP contribution in [0.3, 0.4) is 0 Å². The summed E-state index contributed by atoms with van der Waals surface area (Å²) < 4.78 is 11.2. The molecule has 0 saturated carbocycles. The number of hydrogen-bond donors (Lipinski definition) is 1. The Morgan fingerprint density at radius 1 is 1.00 bits per heavy atom. The number of fused-ring (bicyclic) bond motifs is 1. The van der Waals surface area contributed by atoms with Gasteiger partial charge in [-0.2, -0.15) is 0 Å². The molecule has 172 valence electrons. The number of hydrogen-bond acceptors (Lipinski definition) is 5. The minimum atomic E-state index is -0.0972. The van der Waals surface area contributed by atoms with Crippen molar-refractivity contribution in [2.24, 2.45) is 0 Å². The van der Waals surface area contributed by atoms with Gasteiger partial charge in [-0.1, -0.05) is 42.5 Å². The molecule has 0 aliphatic carbocycles. The van der Waals surface area contributed by atoms with E-state index in [2.05, 4.69) is 64.5 Å². The van der Waals surface area contributed by atoms with E-state index in [1.165, 1.54) is 16.8 Å². The van der Waals surface area contributed by atoms with Gasteiger partial charge in [-0.25, -0.2) is 0 Å². The van der Waals surface area contributed by atoms with Gasteiger partial charge in [0, 0.05) is 37.9 Å². The molecule has 1 atom stereocenters. The van der Waals surface area contributed by atoms with Crippen molar-refractivity contribution < 1.29 is 13.9 Å². The Labute approximate surface area is 195 Å². The Morgan fingerprint density at radius 3 is 2.61 bits per heavy atom. The first-order valence-electron chi connectivity index (χ1n) is 11.7. The summed E-state index contributed by atoms with van der Waals surface area (Å²) in [6, 6.07) is 18.9. The maximum atomic E-state index is 13.1. The van der Waals surface area contributed by atoms with E-state index in [4.69, 9.17) is 9.15 Å². The van der Waals surface area contributed by atoms with Crippen LogP contribution < -0.4 is 10.2 Å². The maximum absolute atomic E-state index is 13.1. The Bertz CT molecular complexity index is 1100. The number of nitrogens with one attached hydrogen (secondary N) is 1. The molecule has 1 fully saturated rings. The van der Waals surface area contributed by atoms with Crippen LogP contribution in [0.15, 0.2) is 65.3 Å². The molecule has 0 spiro atoms. The van der Waals surface area contributed by atoms with Gasteiger partial charge in [-0.3, -0.25) is 9.69 Å². The number of nitrogens with zero attached hydrogens (tertiary/aromatic N) is 2. The third-order valence-electron chi connectivity index (χ3n) is 6.71. The molecule has 33 heavy (non-hydrogen) atoms. The molecular formula is C27H31N3O3. The van der Waals surface area contributed by atoms with Crippen LogP contribution in [-0.4, -0.2) is 43.2 Å².